The molecule has 2 aliphatic rings. The number of anilines is 1. The predicted molar refractivity (Wildman–Crippen MR) is 267 cm³/mol. The summed E-state index contributed by atoms with van der Waals surface area (Å²) in [5.41, 5.74) is 0.561. The average molecular weight is 1010 g/mol. The zero-order valence-electron chi connectivity index (χ0n) is 40.4. The molecular weight excluding hydrogens is 946 g/mol. The van der Waals surface area contributed by atoms with Crippen molar-refractivity contribution in [2.75, 3.05) is 57.3 Å². The summed E-state index contributed by atoms with van der Waals surface area (Å²) in [5.74, 6) is 0.248. The third-order valence-electron chi connectivity index (χ3n) is 11.9. The van der Waals surface area contributed by atoms with E-state index < -0.39 is 60.0 Å². The van der Waals surface area contributed by atoms with Crippen molar-refractivity contribution in [3.8, 4) is 11.5 Å². The highest BCUT2D eigenvalue weighted by Crippen LogP contribution is 2.51. The maximum Gasteiger partial charge on any atom is 0.280 e. The first-order chi connectivity index (χ1) is 33.0. The molecule has 372 valence electrons. The SMILES string of the molecule is CCOP(OC1C(COC(c2ccccc2)(c2ccc(OC)cc2)c2ccc(OC)cc2)OC(n2cnc3c(=O)[nH]c(NC(=O)C(C)C)nc32)C1OC(=S)N1CCS(=O)(=O)CC1)N(C(C)C)C(C)C. The second-order valence-corrected chi connectivity index (χ2v) is 21.6. The van der Waals surface area contributed by atoms with Crippen molar-refractivity contribution in [3.05, 3.63) is 112 Å². The van der Waals surface area contributed by atoms with Crippen molar-refractivity contribution in [1.82, 2.24) is 29.1 Å². The molecule has 7 rings (SSSR count). The highest BCUT2D eigenvalue weighted by molar-refractivity contribution is 7.91. The Balaban J connectivity index is 1.41. The molecule has 2 aromatic heterocycles. The first kappa shape index (κ1) is 51.8. The number of sulfone groups is 1. The monoisotopic (exact) mass is 1010 g/mol. The number of fused-ring (bicyclic) bond motifs is 1. The highest BCUT2D eigenvalue weighted by Gasteiger charge is 2.53. The number of hydrogen-bond donors (Lipinski definition) is 2. The normalized spacial score (nSPS) is 19.9. The van der Waals surface area contributed by atoms with Gasteiger partial charge in [-0.3, -0.25) is 24.5 Å². The molecule has 5 atom stereocenters. The number of hydrogen-bond acceptors (Lipinski definition) is 15. The molecule has 0 spiro atoms. The number of nitrogens with one attached hydrogen (secondary N) is 2. The molecule has 2 saturated heterocycles. The maximum atomic E-state index is 13.6. The summed E-state index contributed by atoms with van der Waals surface area (Å²) in [6.45, 7) is 14.0. The zero-order chi connectivity index (χ0) is 49.6. The number of H-pyrrole nitrogens is 1. The van der Waals surface area contributed by atoms with Gasteiger partial charge in [-0.1, -0.05) is 68.4 Å². The molecule has 2 fully saturated rings. The Morgan fingerprint density at radius 3 is 2.03 bits per heavy atom. The Morgan fingerprint density at radius 1 is 0.913 bits per heavy atom. The lowest BCUT2D eigenvalue weighted by Crippen LogP contribution is -2.48. The number of nitrogens with zero attached hydrogens (tertiary/aromatic N) is 5. The fourth-order valence-corrected chi connectivity index (χ4v) is 11.7. The molecule has 69 heavy (non-hydrogen) atoms. The first-order valence-electron chi connectivity index (χ1n) is 23.0. The van der Waals surface area contributed by atoms with Crippen molar-refractivity contribution in [1.29, 1.82) is 0 Å². The lowest BCUT2D eigenvalue weighted by atomic mass is 9.80. The van der Waals surface area contributed by atoms with Gasteiger partial charge in [-0.05, 0) is 87.8 Å². The number of carbonyl (C=O) groups is 1. The largest absolute Gasteiger partial charge is 0.497 e. The number of benzene rings is 3. The van der Waals surface area contributed by atoms with Gasteiger partial charge in [0.2, 0.25) is 11.9 Å². The number of thiocarbonyl (C=S) groups is 1. The minimum absolute atomic E-state index is 0.0184. The van der Waals surface area contributed by atoms with Gasteiger partial charge in [0, 0.05) is 31.1 Å². The van der Waals surface area contributed by atoms with Crippen LogP contribution in [0.3, 0.4) is 0 Å². The van der Waals surface area contributed by atoms with E-state index in [0.29, 0.717) is 18.1 Å². The fourth-order valence-electron chi connectivity index (χ4n) is 8.46. The second kappa shape index (κ2) is 22.4. The van der Waals surface area contributed by atoms with E-state index in [2.05, 4.69) is 52.6 Å². The van der Waals surface area contributed by atoms with Crippen LogP contribution in [0.4, 0.5) is 5.95 Å². The van der Waals surface area contributed by atoms with Crippen LogP contribution in [-0.4, -0.2) is 131 Å². The number of aromatic nitrogens is 4. The van der Waals surface area contributed by atoms with Gasteiger partial charge in [-0.15, -0.1) is 0 Å². The topological polar surface area (TPSA) is 198 Å². The summed E-state index contributed by atoms with van der Waals surface area (Å²) in [6.07, 6.45) is -2.83. The average Bonchev–Trinajstić information content (AvgIpc) is 3.90. The van der Waals surface area contributed by atoms with E-state index in [9.17, 15) is 18.0 Å². The molecule has 0 radical (unpaired) electrons. The van der Waals surface area contributed by atoms with Crippen molar-refractivity contribution >= 4 is 58.8 Å². The minimum atomic E-state index is -3.27. The number of methoxy groups -OCH3 is 2. The summed E-state index contributed by atoms with van der Waals surface area (Å²) in [6, 6.07) is 25.1. The van der Waals surface area contributed by atoms with Crippen molar-refractivity contribution in [3.63, 3.8) is 0 Å². The van der Waals surface area contributed by atoms with Gasteiger partial charge in [0.1, 0.15) is 29.3 Å². The number of rotatable bonds is 19. The Bertz CT molecular complexity index is 2640. The van der Waals surface area contributed by atoms with Crippen LogP contribution in [0.2, 0.25) is 0 Å². The fraction of sp³-hybridized carbons (Fsp3) is 0.479. The van der Waals surface area contributed by atoms with Crippen LogP contribution in [0.5, 0.6) is 11.5 Å². The molecule has 0 aliphatic carbocycles. The van der Waals surface area contributed by atoms with Gasteiger partial charge < -0.3 is 37.6 Å². The van der Waals surface area contributed by atoms with E-state index in [0.717, 1.165) is 16.7 Å². The molecular formula is C48H62N7O11PS2. The standard InChI is InChI=1S/C48H62N7O11PS2/c1-10-63-67(55(31(4)5)32(6)7)66-40-38(28-62-48(33-14-12-11-13-15-33,34-16-20-36(60-8)21-17-34)35-18-22-37(61-9)23-19-35)64-45(41(40)65-47(68)53-24-26-69(58,59)27-25-53)54-29-49-39-42(54)50-46(52-44(39)57)51-43(56)30(2)3/h11-23,29-32,38,40-41,45H,10,24-28H2,1-9H3,(H2,50,51,52,56,57). The van der Waals surface area contributed by atoms with Crippen LogP contribution in [0.1, 0.15) is 71.4 Å². The minimum Gasteiger partial charge on any atom is -0.497 e. The van der Waals surface area contributed by atoms with Gasteiger partial charge in [0.05, 0.1) is 45.3 Å². The molecule has 5 aromatic rings. The predicted octanol–water partition coefficient (Wildman–Crippen LogP) is 6.81. The third kappa shape index (κ3) is 11.4. The summed E-state index contributed by atoms with van der Waals surface area (Å²) < 4.78 is 75.2. The number of amides is 1. The molecule has 4 heterocycles. The van der Waals surface area contributed by atoms with Crippen LogP contribution in [-0.2, 0) is 43.5 Å². The van der Waals surface area contributed by atoms with Gasteiger partial charge in [-0.25, -0.2) is 18.1 Å². The molecule has 0 saturated carbocycles. The van der Waals surface area contributed by atoms with E-state index in [-0.39, 0.29) is 71.5 Å². The maximum absolute atomic E-state index is 13.6. The Morgan fingerprint density at radius 2 is 1.49 bits per heavy atom. The second-order valence-electron chi connectivity index (χ2n) is 17.5. The van der Waals surface area contributed by atoms with Crippen LogP contribution in [0.25, 0.3) is 11.2 Å². The van der Waals surface area contributed by atoms with Crippen molar-refractivity contribution < 1.29 is 45.9 Å². The Labute approximate surface area is 409 Å². The van der Waals surface area contributed by atoms with E-state index >= 15 is 0 Å². The number of carbonyl (C=O) groups excluding carboxylic acids is 1. The zero-order valence-corrected chi connectivity index (χ0v) is 42.9. The van der Waals surface area contributed by atoms with Crippen LogP contribution < -0.4 is 20.3 Å². The van der Waals surface area contributed by atoms with Gasteiger partial charge >= 0.3 is 0 Å². The first-order valence-corrected chi connectivity index (χ1v) is 26.3. The lowest BCUT2D eigenvalue weighted by Gasteiger charge is -2.39. The Kier molecular flexibility index (Phi) is 16.8. The molecule has 5 unspecified atom stereocenters. The summed E-state index contributed by atoms with van der Waals surface area (Å²) in [5, 5.41) is 2.72. The number of ether oxygens (including phenoxy) is 5. The lowest BCUT2D eigenvalue weighted by molar-refractivity contribution is -0.118. The van der Waals surface area contributed by atoms with Crippen LogP contribution >= 0.6 is 20.7 Å². The number of aromatic amines is 1. The molecule has 2 aliphatic heterocycles. The molecule has 1 amide bonds. The summed E-state index contributed by atoms with van der Waals surface area (Å²) >= 11 is 5.99. The number of imidazole rings is 1. The molecule has 18 nitrogen and oxygen atoms in total. The van der Waals surface area contributed by atoms with Gasteiger partial charge in [0.25, 0.3) is 19.3 Å². The van der Waals surface area contributed by atoms with E-state index in [4.69, 9.17) is 44.9 Å². The van der Waals surface area contributed by atoms with Crippen LogP contribution in [0, 0.1) is 5.92 Å². The van der Waals surface area contributed by atoms with Crippen LogP contribution in [0.15, 0.2) is 90.0 Å². The third-order valence-corrected chi connectivity index (χ3v) is 16.1. The van der Waals surface area contributed by atoms with E-state index in [1.807, 2.05) is 85.8 Å². The quantitative estimate of drug-likeness (QED) is 0.0497. The van der Waals surface area contributed by atoms with Gasteiger partial charge in [0.15, 0.2) is 33.3 Å². The van der Waals surface area contributed by atoms with Crippen molar-refractivity contribution in [2.24, 2.45) is 5.92 Å². The molecule has 3 aromatic carbocycles. The van der Waals surface area contributed by atoms with E-state index in [1.165, 1.54) is 6.33 Å². The van der Waals surface area contributed by atoms with Gasteiger partial charge in [-0.2, -0.15) is 4.98 Å². The summed E-state index contributed by atoms with van der Waals surface area (Å²) in [4.78, 5) is 39.9. The highest BCUT2D eigenvalue weighted by atomic mass is 32.2. The van der Waals surface area contributed by atoms with Crippen molar-refractivity contribution in [2.45, 2.75) is 90.7 Å². The molecule has 21 heteroatoms. The summed E-state index contributed by atoms with van der Waals surface area (Å²) in [7, 11) is -1.88. The smallest absolute Gasteiger partial charge is 0.280 e. The Hall–Kier alpha value is -5.05. The van der Waals surface area contributed by atoms with E-state index in [1.54, 1.807) is 37.5 Å². The molecule has 0 bridgehead atoms. The molecule has 2 N–H and O–H groups in total.